The normalized spacial score (nSPS) is 23.4. The fourth-order valence-corrected chi connectivity index (χ4v) is 3.94. The molecule has 0 spiro atoms. The van der Waals surface area contributed by atoms with Crippen molar-refractivity contribution >= 4 is 0 Å². The van der Waals surface area contributed by atoms with E-state index < -0.39 is 30.6 Å². The minimum atomic E-state index is -1.12. The number of nitrogens with zero attached hydrogens (tertiary/aromatic N) is 3. The van der Waals surface area contributed by atoms with Crippen molar-refractivity contribution in [2.24, 2.45) is 5.11 Å². The summed E-state index contributed by atoms with van der Waals surface area (Å²) >= 11 is 0. The monoisotopic (exact) mass is 491 g/mol. The molecule has 3 aromatic carbocycles. The highest BCUT2D eigenvalue weighted by atomic mass is 16.7. The van der Waals surface area contributed by atoms with Crippen LogP contribution in [0.25, 0.3) is 10.4 Å². The Hall–Kier alpha value is -3.59. The van der Waals surface area contributed by atoms with Crippen LogP contribution in [-0.2, 0) is 27.4 Å². The Balaban J connectivity index is 1.52. The van der Waals surface area contributed by atoms with Crippen LogP contribution in [0.4, 0.5) is 0 Å². The van der Waals surface area contributed by atoms with E-state index in [1.165, 1.54) is 0 Å². The maximum absolute atomic E-state index is 11.2. The highest BCUT2D eigenvalue weighted by Gasteiger charge is 2.47. The van der Waals surface area contributed by atoms with E-state index in [1.807, 2.05) is 60.7 Å². The summed E-state index contributed by atoms with van der Waals surface area (Å²) in [6, 6.07) is 25.3. The number of aliphatic hydroxyl groups is 1. The van der Waals surface area contributed by atoms with Crippen molar-refractivity contribution in [1.29, 1.82) is 0 Å². The van der Waals surface area contributed by atoms with Crippen LogP contribution in [-0.4, -0.2) is 49.5 Å². The van der Waals surface area contributed by atoms with E-state index in [9.17, 15) is 10.6 Å². The van der Waals surface area contributed by atoms with Crippen molar-refractivity contribution in [3.8, 4) is 11.5 Å². The zero-order valence-corrected chi connectivity index (χ0v) is 19.9. The summed E-state index contributed by atoms with van der Waals surface area (Å²) in [4.78, 5) is 2.97. The van der Waals surface area contributed by atoms with Gasteiger partial charge in [-0.2, -0.15) is 0 Å². The van der Waals surface area contributed by atoms with Crippen LogP contribution in [0.15, 0.2) is 90.0 Å². The SMILES string of the molecule is COc1ccc(O[C@@H]2O[C@H](COCc3ccccc3)[C@@H](O)[C@H](OCc3ccccc3)[C@H]2N=[N+]=[N-])cc1. The summed E-state index contributed by atoms with van der Waals surface area (Å²) in [6.07, 6.45) is -3.79. The van der Waals surface area contributed by atoms with E-state index in [2.05, 4.69) is 10.0 Å². The van der Waals surface area contributed by atoms with Crippen molar-refractivity contribution in [3.63, 3.8) is 0 Å². The molecule has 36 heavy (non-hydrogen) atoms. The van der Waals surface area contributed by atoms with Crippen LogP contribution >= 0.6 is 0 Å². The molecule has 1 aliphatic rings. The number of rotatable bonds is 11. The lowest BCUT2D eigenvalue weighted by Crippen LogP contribution is -2.60. The molecule has 0 aromatic heterocycles. The molecule has 0 aliphatic carbocycles. The fourth-order valence-electron chi connectivity index (χ4n) is 3.94. The average molecular weight is 492 g/mol. The van der Waals surface area contributed by atoms with Crippen LogP contribution in [0.5, 0.6) is 11.5 Å². The molecule has 1 heterocycles. The quantitative estimate of drug-likeness (QED) is 0.237. The molecular formula is C27H29N3O6. The van der Waals surface area contributed by atoms with E-state index >= 15 is 0 Å². The highest BCUT2D eigenvalue weighted by Crippen LogP contribution is 2.30. The van der Waals surface area contributed by atoms with Gasteiger partial charge in [0.2, 0.25) is 6.29 Å². The Morgan fingerprint density at radius 1 is 0.889 bits per heavy atom. The molecule has 188 valence electrons. The Labute approximate surface area is 209 Å². The number of hydrogen-bond acceptors (Lipinski definition) is 7. The van der Waals surface area contributed by atoms with Crippen molar-refractivity contribution in [1.82, 2.24) is 0 Å². The Kier molecular flexibility index (Phi) is 9.15. The number of methoxy groups -OCH3 is 1. The smallest absolute Gasteiger partial charge is 0.211 e. The Morgan fingerprint density at radius 3 is 2.11 bits per heavy atom. The van der Waals surface area contributed by atoms with Gasteiger partial charge in [0.25, 0.3) is 0 Å². The first-order chi connectivity index (χ1) is 17.7. The summed E-state index contributed by atoms with van der Waals surface area (Å²) in [5.41, 5.74) is 11.2. The highest BCUT2D eigenvalue weighted by molar-refractivity contribution is 5.31. The van der Waals surface area contributed by atoms with E-state index in [-0.39, 0.29) is 13.2 Å². The molecule has 0 amide bonds. The van der Waals surface area contributed by atoms with Gasteiger partial charge in [-0.15, -0.1) is 0 Å². The van der Waals surface area contributed by atoms with E-state index in [0.717, 1.165) is 11.1 Å². The van der Waals surface area contributed by atoms with Crippen molar-refractivity contribution < 1.29 is 28.8 Å². The zero-order chi connectivity index (χ0) is 25.2. The van der Waals surface area contributed by atoms with Crippen LogP contribution < -0.4 is 9.47 Å². The third-order valence-electron chi connectivity index (χ3n) is 5.82. The predicted octanol–water partition coefficient (Wildman–Crippen LogP) is 4.64. The van der Waals surface area contributed by atoms with Crippen LogP contribution in [0.3, 0.4) is 0 Å². The molecule has 1 saturated heterocycles. The predicted molar refractivity (Wildman–Crippen MR) is 132 cm³/mol. The summed E-state index contributed by atoms with van der Waals surface area (Å²) in [5, 5.41) is 15.0. The average Bonchev–Trinajstić information content (AvgIpc) is 2.92. The lowest BCUT2D eigenvalue weighted by molar-refractivity contribution is -0.253. The standard InChI is InChI=1S/C27H29N3O6/c1-32-21-12-14-22(15-13-21)35-27-24(29-30-28)26(34-17-20-10-6-3-7-11-20)25(31)23(36-27)18-33-16-19-8-4-2-5-9-19/h2-15,23-27,31H,16-18H2,1H3/t23-,24-,25-,26-,27-/m1/s1. The van der Waals surface area contributed by atoms with Gasteiger partial charge in [-0.1, -0.05) is 65.8 Å². The molecule has 1 N–H and O–H groups in total. The van der Waals surface area contributed by atoms with Gasteiger partial charge in [-0.05, 0) is 40.9 Å². The van der Waals surface area contributed by atoms with Crippen molar-refractivity contribution in [2.75, 3.05) is 13.7 Å². The minimum Gasteiger partial charge on any atom is -0.497 e. The summed E-state index contributed by atoms with van der Waals surface area (Å²) in [6.45, 7) is 0.659. The first kappa shape index (κ1) is 25.5. The number of hydrogen-bond donors (Lipinski definition) is 1. The van der Waals surface area contributed by atoms with Crippen LogP contribution in [0.1, 0.15) is 11.1 Å². The first-order valence-electron chi connectivity index (χ1n) is 11.6. The zero-order valence-electron chi connectivity index (χ0n) is 19.9. The van der Waals surface area contributed by atoms with E-state index in [0.29, 0.717) is 18.1 Å². The molecule has 1 fully saturated rings. The number of benzene rings is 3. The molecule has 5 atom stereocenters. The van der Waals surface area contributed by atoms with Gasteiger partial charge in [-0.25, -0.2) is 0 Å². The van der Waals surface area contributed by atoms with E-state index in [4.69, 9.17) is 23.7 Å². The van der Waals surface area contributed by atoms with Crippen LogP contribution in [0.2, 0.25) is 0 Å². The van der Waals surface area contributed by atoms with Gasteiger partial charge in [0.05, 0.1) is 26.9 Å². The van der Waals surface area contributed by atoms with Gasteiger partial charge in [-0.3, -0.25) is 0 Å². The molecule has 9 heteroatoms. The fraction of sp³-hybridized carbons (Fsp3) is 0.333. The van der Waals surface area contributed by atoms with Gasteiger partial charge in [0.1, 0.15) is 35.9 Å². The maximum Gasteiger partial charge on any atom is 0.211 e. The molecular weight excluding hydrogens is 462 g/mol. The molecule has 0 radical (unpaired) electrons. The summed E-state index contributed by atoms with van der Waals surface area (Å²) in [5.74, 6) is 1.16. The molecule has 4 rings (SSSR count). The maximum atomic E-state index is 11.2. The summed E-state index contributed by atoms with van der Waals surface area (Å²) < 4.78 is 29.3. The lowest BCUT2D eigenvalue weighted by Gasteiger charge is -2.42. The largest absolute Gasteiger partial charge is 0.497 e. The van der Waals surface area contributed by atoms with Gasteiger partial charge in [0, 0.05) is 4.91 Å². The second-order valence-electron chi connectivity index (χ2n) is 8.28. The van der Waals surface area contributed by atoms with Gasteiger partial charge >= 0.3 is 0 Å². The number of azide groups is 1. The minimum absolute atomic E-state index is 0.0900. The van der Waals surface area contributed by atoms with Crippen LogP contribution in [0, 0.1) is 0 Å². The molecule has 0 bridgehead atoms. The molecule has 9 nitrogen and oxygen atoms in total. The Morgan fingerprint density at radius 2 is 1.50 bits per heavy atom. The Bertz CT molecular complexity index is 1110. The second kappa shape index (κ2) is 12.9. The third kappa shape index (κ3) is 6.75. The molecule has 0 saturated carbocycles. The third-order valence-corrected chi connectivity index (χ3v) is 5.82. The first-order valence-corrected chi connectivity index (χ1v) is 11.6. The molecule has 0 unspecified atom stereocenters. The van der Waals surface area contributed by atoms with Crippen molar-refractivity contribution in [3.05, 3.63) is 106 Å². The van der Waals surface area contributed by atoms with Gasteiger partial charge < -0.3 is 28.8 Å². The van der Waals surface area contributed by atoms with Gasteiger partial charge in [0.15, 0.2) is 0 Å². The topological polar surface area (TPSA) is 115 Å². The number of aliphatic hydroxyl groups excluding tert-OH is 1. The number of ether oxygens (including phenoxy) is 5. The van der Waals surface area contributed by atoms with Crippen molar-refractivity contribution in [2.45, 2.75) is 43.9 Å². The molecule has 3 aromatic rings. The lowest BCUT2D eigenvalue weighted by atomic mass is 9.97. The summed E-state index contributed by atoms with van der Waals surface area (Å²) in [7, 11) is 1.58. The van der Waals surface area contributed by atoms with E-state index in [1.54, 1.807) is 31.4 Å². The molecule has 1 aliphatic heterocycles. The second-order valence-corrected chi connectivity index (χ2v) is 8.28.